The fourth-order valence-electron chi connectivity index (χ4n) is 3.22. The lowest BCUT2D eigenvalue weighted by molar-refractivity contribution is -0.134. The third kappa shape index (κ3) is 15.3. The maximum absolute atomic E-state index is 12.0. The molecule has 0 aromatic heterocycles. The van der Waals surface area contributed by atoms with Gasteiger partial charge >= 0.3 is 5.97 Å². The van der Waals surface area contributed by atoms with Crippen LogP contribution in [0, 0.1) is 0 Å². The second kappa shape index (κ2) is 17.5. The van der Waals surface area contributed by atoms with Crippen LogP contribution in [-0.4, -0.2) is 17.2 Å². The number of ether oxygens (including phenoxy) is 2. The first kappa shape index (κ1) is 26.8. The standard InChI is InChI=1S/C27H42O4/c1-4-5-6-7-8-9-10-11-12-13-14-15-16-17-18-19-27(29)31-26-21-24(28)20-25(22-26)30-23(2)3/h8-9,11-12,20-23,28H,4-7,10,13-19H2,1-3H3/b9-8-,12-11-. The Morgan fingerprint density at radius 1 is 0.871 bits per heavy atom. The van der Waals surface area contributed by atoms with Crippen molar-refractivity contribution < 1.29 is 19.4 Å². The van der Waals surface area contributed by atoms with Crippen molar-refractivity contribution in [3.05, 3.63) is 42.5 Å². The van der Waals surface area contributed by atoms with Crippen LogP contribution < -0.4 is 9.47 Å². The Morgan fingerprint density at radius 2 is 1.48 bits per heavy atom. The number of phenolic OH excluding ortho intramolecular Hbond substituents is 1. The Morgan fingerprint density at radius 3 is 2.16 bits per heavy atom. The maximum Gasteiger partial charge on any atom is 0.311 e. The van der Waals surface area contributed by atoms with Gasteiger partial charge in [0, 0.05) is 24.6 Å². The molecule has 0 saturated heterocycles. The SMILES string of the molecule is CCCCC/C=C\C/C=C\CCCCCCCC(=O)Oc1cc(O)cc(OC(C)C)c1. The zero-order valence-electron chi connectivity index (χ0n) is 19.8. The molecule has 174 valence electrons. The summed E-state index contributed by atoms with van der Waals surface area (Å²) in [5.41, 5.74) is 0. The van der Waals surface area contributed by atoms with Crippen LogP contribution in [0.1, 0.15) is 97.8 Å². The first-order valence-electron chi connectivity index (χ1n) is 12.0. The number of carbonyl (C=O) groups excluding carboxylic acids is 1. The molecule has 0 unspecified atom stereocenters. The van der Waals surface area contributed by atoms with E-state index in [2.05, 4.69) is 31.2 Å². The van der Waals surface area contributed by atoms with Gasteiger partial charge in [0.05, 0.1) is 6.10 Å². The number of rotatable bonds is 17. The van der Waals surface area contributed by atoms with Crippen molar-refractivity contribution in [3.8, 4) is 17.2 Å². The summed E-state index contributed by atoms with van der Waals surface area (Å²) in [6.45, 7) is 6.04. The Balaban J connectivity index is 2.06. The van der Waals surface area contributed by atoms with Gasteiger partial charge < -0.3 is 14.6 Å². The van der Waals surface area contributed by atoms with Crippen LogP contribution in [0.15, 0.2) is 42.5 Å². The van der Waals surface area contributed by atoms with Gasteiger partial charge in [0.2, 0.25) is 0 Å². The maximum atomic E-state index is 12.0. The minimum Gasteiger partial charge on any atom is -0.508 e. The fraction of sp³-hybridized carbons (Fsp3) is 0.593. The molecule has 0 bridgehead atoms. The largest absolute Gasteiger partial charge is 0.508 e. The van der Waals surface area contributed by atoms with Crippen LogP contribution >= 0.6 is 0 Å². The minimum atomic E-state index is -0.272. The molecule has 0 aliphatic rings. The average Bonchev–Trinajstić information content (AvgIpc) is 2.70. The molecule has 4 heteroatoms. The summed E-state index contributed by atoms with van der Waals surface area (Å²) in [6.07, 6.45) is 22.1. The summed E-state index contributed by atoms with van der Waals surface area (Å²) in [7, 11) is 0. The molecule has 0 fully saturated rings. The molecule has 1 aromatic carbocycles. The lowest BCUT2D eigenvalue weighted by Crippen LogP contribution is -2.09. The Labute approximate surface area is 189 Å². The van der Waals surface area contributed by atoms with Crippen LogP contribution in [-0.2, 0) is 4.79 Å². The molecule has 1 aromatic rings. The van der Waals surface area contributed by atoms with E-state index in [0.29, 0.717) is 17.9 Å². The molecule has 0 spiro atoms. The van der Waals surface area contributed by atoms with Gasteiger partial charge in [-0.3, -0.25) is 4.79 Å². The lowest BCUT2D eigenvalue weighted by atomic mass is 10.1. The third-order valence-corrected chi connectivity index (χ3v) is 4.80. The number of hydrogen-bond acceptors (Lipinski definition) is 4. The number of aromatic hydroxyl groups is 1. The number of allylic oxidation sites excluding steroid dienone is 4. The molecule has 0 aliphatic heterocycles. The second-order valence-corrected chi connectivity index (χ2v) is 8.28. The van der Waals surface area contributed by atoms with E-state index in [1.807, 2.05) is 13.8 Å². The van der Waals surface area contributed by atoms with Crippen LogP contribution in [0.2, 0.25) is 0 Å². The predicted octanol–water partition coefficient (Wildman–Crippen LogP) is 7.90. The van der Waals surface area contributed by atoms with Crippen LogP contribution in [0.25, 0.3) is 0 Å². The molecule has 31 heavy (non-hydrogen) atoms. The summed E-state index contributed by atoms with van der Waals surface area (Å²) < 4.78 is 10.9. The Hall–Kier alpha value is -2.23. The number of esters is 1. The smallest absolute Gasteiger partial charge is 0.311 e. The minimum absolute atomic E-state index is 0.0157. The molecule has 1 N–H and O–H groups in total. The monoisotopic (exact) mass is 430 g/mol. The summed E-state index contributed by atoms with van der Waals surface area (Å²) in [4.78, 5) is 12.0. The Kier molecular flexibility index (Phi) is 15.1. The summed E-state index contributed by atoms with van der Waals surface area (Å²) in [6, 6.07) is 4.58. The zero-order chi connectivity index (χ0) is 22.7. The van der Waals surface area contributed by atoms with Gasteiger partial charge in [0.25, 0.3) is 0 Å². The highest BCUT2D eigenvalue weighted by molar-refractivity contribution is 5.72. The summed E-state index contributed by atoms with van der Waals surface area (Å²) in [5.74, 6) is 0.572. The van der Waals surface area contributed by atoms with Gasteiger partial charge in [0.15, 0.2) is 0 Å². The lowest BCUT2D eigenvalue weighted by Gasteiger charge is -2.12. The average molecular weight is 431 g/mol. The van der Waals surface area contributed by atoms with Crippen molar-refractivity contribution >= 4 is 5.97 Å². The highest BCUT2D eigenvalue weighted by Gasteiger charge is 2.09. The molecule has 0 atom stereocenters. The predicted molar refractivity (Wildman–Crippen MR) is 129 cm³/mol. The van der Waals surface area contributed by atoms with E-state index < -0.39 is 0 Å². The molecule has 1 rings (SSSR count). The van der Waals surface area contributed by atoms with Crippen molar-refractivity contribution in [1.82, 2.24) is 0 Å². The van der Waals surface area contributed by atoms with E-state index in [9.17, 15) is 9.90 Å². The van der Waals surface area contributed by atoms with Crippen molar-refractivity contribution in [2.75, 3.05) is 0 Å². The first-order chi connectivity index (χ1) is 15.0. The van der Waals surface area contributed by atoms with Gasteiger partial charge in [0.1, 0.15) is 17.2 Å². The topological polar surface area (TPSA) is 55.8 Å². The first-order valence-corrected chi connectivity index (χ1v) is 12.0. The van der Waals surface area contributed by atoms with E-state index in [1.54, 1.807) is 6.07 Å². The summed E-state index contributed by atoms with van der Waals surface area (Å²) >= 11 is 0. The van der Waals surface area contributed by atoms with Gasteiger partial charge in [-0.25, -0.2) is 0 Å². The van der Waals surface area contributed by atoms with Crippen LogP contribution in [0.3, 0.4) is 0 Å². The number of benzene rings is 1. The molecular weight excluding hydrogens is 388 g/mol. The summed E-state index contributed by atoms with van der Waals surface area (Å²) in [5, 5.41) is 9.76. The molecule has 0 heterocycles. The molecular formula is C27H42O4. The van der Waals surface area contributed by atoms with E-state index in [4.69, 9.17) is 9.47 Å². The van der Waals surface area contributed by atoms with E-state index in [0.717, 1.165) is 32.1 Å². The highest BCUT2D eigenvalue weighted by Crippen LogP contribution is 2.28. The molecule has 0 radical (unpaired) electrons. The van der Waals surface area contributed by atoms with E-state index in [1.165, 1.54) is 50.7 Å². The number of phenols is 1. The molecule has 0 aliphatic carbocycles. The van der Waals surface area contributed by atoms with Gasteiger partial charge in [-0.15, -0.1) is 0 Å². The number of hydrogen-bond donors (Lipinski definition) is 1. The molecule has 4 nitrogen and oxygen atoms in total. The van der Waals surface area contributed by atoms with Crippen molar-refractivity contribution in [2.45, 2.75) is 104 Å². The number of unbranched alkanes of at least 4 members (excludes halogenated alkanes) is 8. The third-order valence-electron chi connectivity index (χ3n) is 4.80. The quantitative estimate of drug-likeness (QED) is 0.118. The second-order valence-electron chi connectivity index (χ2n) is 8.28. The Bertz CT molecular complexity index is 661. The van der Waals surface area contributed by atoms with Gasteiger partial charge in [-0.05, 0) is 52.4 Å². The number of carbonyl (C=O) groups is 1. The van der Waals surface area contributed by atoms with Gasteiger partial charge in [-0.1, -0.05) is 63.3 Å². The van der Waals surface area contributed by atoms with Gasteiger partial charge in [-0.2, -0.15) is 0 Å². The molecule has 0 saturated carbocycles. The zero-order valence-corrected chi connectivity index (χ0v) is 19.8. The van der Waals surface area contributed by atoms with E-state index >= 15 is 0 Å². The fourth-order valence-corrected chi connectivity index (χ4v) is 3.22. The van der Waals surface area contributed by atoms with Crippen molar-refractivity contribution in [3.63, 3.8) is 0 Å². The van der Waals surface area contributed by atoms with Crippen molar-refractivity contribution in [2.24, 2.45) is 0 Å². The highest BCUT2D eigenvalue weighted by atomic mass is 16.5. The van der Waals surface area contributed by atoms with Crippen molar-refractivity contribution in [1.29, 1.82) is 0 Å². The van der Waals surface area contributed by atoms with Crippen LogP contribution in [0.5, 0.6) is 17.2 Å². The van der Waals surface area contributed by atoms with Crippen LogP contribution in [0.4, 0.5) is 0 Å². The molecule has 0 amide bonds. The normalized spacial score (nSPS) is 11.6. The van der Waals surface area contributed by atoms with E-state index in [-0.39, 0.29) is 17.8 Å².